The Morgan fingerprint density at radius 1 is 0.762 bits per heavy atom. The van der Waals surface area contributed by atoms with Gasteiger partial charge in [0, 0.05) is 12.2 Å². The van der Waals surface area contributed by atoms with Crippen molar-refractivity contribution in [1.82, 2.24) is 0 Å². The fraction of sp³-hybridized carbons (Fsp3) is 0.158. The van der Waals surface area contributed by atoms with E-state index in [0.717, 1.165) is 5.69 Å². The van der Waals surface area contributed by atoms with Crippen LogP contribution in [0.25, 0.3) is 21.9 Å². The smallest absolute Gasteiger partial charge is 0.0911 e. The van der Waals surface area contributed by atoms with Crippen LogP contribution in [0.15, 0.2) is 66.7 Å². The molecule has 106 valence electrons. The Kier molecular flexibility index (Phi) is 4.15. The second-order valence-corrected chi connectivity index (χ2v) is 5.11. The average Bonchev–Trinajstić information content (AvgIpc) is 2.55. The van der Waals surface area contributed by atoms with Gasteiger partial charge in [0.1, 0.15) is 0 Å². The van der Waals surface area contributed by atoms with Gasteiger partial charge in [0.25, 0.3) is 0 Å². The van der Waals surface area contributed by atoms with E-state index in [4.69, 9.17) is 0 Å². The first-order chi connectivity index (χ1) is 10.4. The third-order valence-corrected chi connectivity index (χ3v) is 3.59. The summed E-state index contributed by atoms with van der Waals surface area (Å²) >= 11 is 0. The summed E-state index contributed by atoms with van der Waals surface area (Å²) < 4.78 is 12.1. The molecule has 0 aliphatic rings. The van der Waals surface area contributed by atoms with Gasteiger partial charge < -0.3 is 5.32 Å². The molecule has 2 heteroatoms. The molecule has 3 aromatic rings. The van der Waals surface area contributed by atoms with E-state index >= 15 is 0 Å². The minimum absolute atomic E-state index is 0.277. The first-order valence-corrected chi connectivity index (χ1v) is 7.26. The molecule has 21 heavy (non-hydrogen) atoms. The molecule has 0 heterocycles. The molecule has 3 aromatic carbocycles. The van der Waals surface area contributed by atoms with E-state index in [2.05, 4.69) is 66.0 Å². The lowest BCUT2D eigenvalue weighted by Crippen LogP contribution is -2.01. The van der Waals surface area contributed by atoms with Gasteiger partial charge in [-0.15, -0.1) is 0 Å². The summed E-state index contributed by atoms with van der Waals surface area (Å²) in [6.07, 6.45) is 0.547. The van der Waals surface area contributed by atoms with Crippen LogP contribution in [-0.4, -0.2) is 13.2 Å². The number of benzene rings is 3. The first kappa shape index (κ1) is 13.6. The Bertz CT molecular complexity index is 722. The van der Waals surface area contributed by atoms with Crippen molar-refractivity contribution < 1.29 is 4.39 Å². The molecular formula is C19H18FN. The molecule has 0 aromatic heterocycles. The second kappa shape index (κ2) is 6.40. The molecule has 1 N–H and O–H groups in total. The van der Waals surface area contributed by atoms with E-state index in [0.29, 0.717) is 13.0 Å². The third kappa shape index (κ3) is 3.22. The number of fused-ring (bicyclic) bond motifs is 1. The maximum atomic E-state index is 12.1. The SMILES string of the molecule is FCCCNc1ccc2cc(-c3ccccc3)ccc2c1. The number of nitrogens with one attached hydrogen (secondary N) is 1. The number of anilines is 1. The second-order valence-electron chi connectivity index (χ2n) is 5.11. The van der Waals surface area contributed by atoms with Gasteiger partial charge in [-0.1, -0.05) is 48.5 Å². The molecule has 0 unspecified atom stereocenters. The van der Waals surface area contributed by atoms with Crippen LogP contribution in [0.2, 0.25) is 0 Å². The van der Waals surface area contributed by atoms with Crippen LogP contribution in [-0.2, 0) is 0 Å². The summed E-state index contributed by atoms with van der Waals surface area (Å²) in [5.41, 5.74) is 3.49. The van der Waals surface area contributed by atoms with Gasteiger partial charge in [-0.25, -0.2) is 0 Å². The predicted molar refractivity (Wildman–Crippen MR) is 88.5 cm³/mol. The maximum Gasteiger partial charge on any atom is 0.0911 e. The summed E-state index contributed by atoms with van der Waals surface area (Å²) in [6.45, 7) is 0.394. The van der Waals surface area contributed by atoms with Gasteiger partial charge in [-0.2, -0.15) is 0 Å². The molecule has 0 fully saturated rings. The Morgan fingerprint density at radius 3 is 2.33 bits per heavy atom. The predicted octanol–water partition coefficient (Wildman–Crippen LogP) is 5.28. The van der Waals surface area contributed by atoms with Crippen LogP contribution in [0.4, 0.5) is 10.1 Å². The third-order valence-electron chi connectivity index (χ3n) is 3.59. The van der Waals surface area contributed by atoms with Crippen LogP contribution in [0.5, 0.6) is 0 Å². The summed E-state index contributed by atoms with van der Waals surface area (Å²) in [7, 11) is 0. The van der Waals surface area contributed by atoms with Gasteiger partial charge in [0.15, 0.2) is 0 Å². The van der Waals surface area contributed by atoms with Crippen molar-refractivity contribution in [3.63, 3.8) is 0 Å². The maximum absolute atomic E-state index is 12.1. The Morgan fingerprint density at radius 2 is 1.52 bits per heavy atom. The quantitative estimate of drug-likeness (QED) is 0.627. The molecule has 0 bridgehead atoms. The van der Waals surface area contributed by atoms with E-state index < -0.39 is 0 Å². The van der Waals surface area contributed by atoms with E-state index in [-0.39, 0.29) is 6.67 Å². The normalized spacial score (nSPS) is 10.7. The van der Waals surface area contributed by atoms with E-state index in [1.54, 1.807) is 0 Å². The summed E-state index contributed by atoms with van der Waals surface area (Å²) in [5, 5.41) is 5.65. The molecule has 0 saturated carbocycles. The summed E-state index contributed by atoms with van der Waals surface area (Å²) in [4.78, 5) is 0. The molecule has 0 aliphatic heterocycles. The zero-order valence-electron chi connectivity index (χ0n) is 11.9. The molecule has 0 saturated heterocycles. The van der Waals surface area contributed by atoms with Gasteiger partial charge in [0.05, 0.1) is 6.67 Å². The molecule has 0 spiro atoms. The minimum atomic E-state index is -0.277. The lowest BCUT2D eigenvalue weighted by Gasteiger charge is -2.08. The van der Waals surface area contributed by atoms with Crippen LogP contribution in [0.1, 0.15) is 6.42 Å². The van der Waals surface area contributed by atoms with Crippen molar-refractivity contribution in [2.24, 2.45) is 0 Å². The number of halogens is 1. The summed E-state index contributed by atoms with van der Waals surface area (Å²) in [5.74, 6) is 0. The number of alkyl halides is 1. The Balaban J connectivity index is 1.88. The van der Waals surface area contributed by atoms with Gasteiger partial charge in [0.2, 0.25) is 0 Å². The van der Waals surface area contributed by atoms with Crippen LogP contribution >= 0.6 is 0 Å². The molecule has 0 atom stereocenters. The summed E-state index contributed by atoms with van der Waals surface area (Å²) in [6, 6.07) is 23.1. The van der Waals surface area contributed by atoms with Crippen molar-refractivity contribution >= 4 is 16.5 Å². The molecule has 0 aliphatic carbocycles. The van der Waals surface area contributed by atoms with Crippen LogP contribution < -0.4 is 5.32 Å². The lowest BCUT2D eigenvalue weighted by molar-refractivity contribution is 0.481. The largest absolute Gasteiger partial charge is 0.385 e. The molecule has 3 rings (SSSR count). The van der Waals surface area contributed by atoms with Crippen LogP contribution in [0.3, 0.4) is 0 Å². The number of hydrogen-bond donors (Lipinski definition) is 1. The van der Waals surface area contributed by atoms with Crippen LogP contribution in [0, 0.1) is 0 Å². The van der Waals surface area contributed by atoms with Crippen molar-refractivity contribution in [2.75, 3.05) is 18.5 Å². The monoisotopic (exact) mass is 279 g/mol. The fourth-order valence-corrected chi connectivity index (χ4v) is 2.47. The van der Waals surface area contributed by atoms with E-state index in [1.807, 2.05) is 6.07 Å². The Hall–Kier alpha value is -2.35. The standard InChI is InChI=1S/C19H18FN/c20-11-4-12-21-19-10-9-17-13-16(7-8-18(17)14-19)15-5-2-1-3-6-15/h1-3,5-10,13-14,21H,4,11-12H2. The highest BCUT2D eigenvalue weighted by molar-refractivity contribution is 5.89. The van der Waals surface area contributed by atoms with Crippen molar-refractivity contribution in [3.8, 4) is 11.1 Å². The van der Waals surface area contributed by atoms with Gasteiger partial charge >= 0.3 is 0 Å². The molecule has 0 radical (unpaired) electrons. The molecule has 1 nitrogen and oxygen atoms in total. The average molecular weight is 279 g/mol. The van der Waals surface area contributed by atoms with E-state index in [9.17, 15) is 4.39 Å². The highest BCUT2D eigenvalue weighted by Gasteiger charge is 2.00. The number of rotatable bonds is 5. The van der Waals surface area contributed by atoms with Crippen molar-refractivity contribution in [2.45, 2.75) is 6.42 Å². The Labute approximate surface area is 124 Å². The van der Waals surface area contributed by atoms with E-state index in [1.165, 1.54) is 21.9 Å². The highest BCUT2D eigenvalue weighted by Crippen LogP contribution is 2.26. The lowest BCUT2D eigenvalue weighted by atomic mass is 10.0. The topological polar surface area (TPSA) is 12.0 Å². The molecule has 0 amide bonds. The van der Waals surface area contributed by atoms with Crippen molar-refractivity contribution in [1.29, 1.82) is 0 Å². The van der Waals surface area contributed by atoms with Gasteiger partial charge in [-0.05, 0) is 46.5 Å². The zero-order valence-corrected chi connectivity index (χ0v) is 11.9. The highest BCUT2D eigenvalue weighted by atomic mass is 19.1. The van der Waals surface area contributed by atoms with Crippen molar-refractivity contribution in [3.05, 3.63) is 66.7 Å². The first-order valence-electron chi connectivity index (χ1n) is 7.26. The van der Waals surface area contributed by atoms with Gasteiger partial charge in [-0.3, -0.25) is 4.39 Å². The fourth-order valence-electron chi connectivity index (χ4n) is 2.47. The minimum Gasteiger partial charge on any atom is -0.385 e. The number of hydrogen-bond acceptors (Lipinski definition) is 1. The molecular weight excluding hydrogens is 261 g/mol. The zero-order chi connectivity index (χ0) is 14.5.